The van der Waals surface area contributed by atoms with Gasteiger partial charge in [0.2, 0.25) is 0 Å². The number of methoxy groups -OCH3 is 1. The van der Waals surface area contributed by atoms with Crippen molar-refractivity contribution in [3.8, 4) is 23.0 Å². The normalized spacial score (nSPS) is 11.1. The number of hydrogen-bond acceptors (Lipinski definition) is 8. The van der Waals surface area contributed by atoms with Gasteiger partial charge in [-0.05, 0) is 24.6 Å². The number of phenols is 1. The molecular weight excluding hydrogens is 580 g/mol. The molecule has 44 heavy (non-hydrogen) atoms. The van der Waals surface area contributed by atoms with Crippen molar-refractivity contribution in [1.82, 2.24) is 0 Å². The highest BCUT2D eigenvalue weighted by atomic mass is 32.2. The number of carbonyl (C=O) groups is 2. The maximum Gasteiger partial charge on any atom is 0.342 e. The van der Waals surface area contributed by atoms with E-state index in [2.05, 4.69) is 6.92 Å². The van der Waals surface area contributed by atoms with Crippen LogP contribution in [-0.2, 0) is 10.1 Å². The van der Waals surface area contributed by atoms with Crippen LogP contribution in [0.4, 0.5) is 0 Å². The monoisotopic (exact) mass is 616 g/mol. The quantitative estimate of drug-likeness (QED) is 0.0788. The Kier molecular flexibility index (Phi) is 11.2. The molecule has 0 heterocycles. The third kappa shape index (κ3) is 8.05. The standard InChI is InChI=1S/C35H36O8S/c1-3-4-5-6-7-14-21-42-27-19-20-28(34(37)25-15-10-8-11-16-25)31(22-27)43-44(39,40)33-23-29(30(36)24-32(33)41-2)35(38)26-17-12-9-13-18-26/h8-13,15-20,22-24,36H,3-7,14,21H2,1-2H3. The summed E-state index contributed by atoms with van der Waals surface area (Å²) in [4.78, 5) is 26.1. The van der Waals surface area contributed by atoms with E-state index in [4.69, 9.17) is 13.7 Å². The van der Waals surface area contributed by atoms with Gasteiger partial charge in [-0.1, -0.05) is 99.7 Å². The number of unbranched alkanes of at least 4 members (excludes halogenated alkanes) is 5. The number of rotatable bonds is 16. The molecule has 0 atom stereocenters. The molecule has 4 aromatic carbocycles. The van der Waals surface area contributed by atoms with E-state index in [1.165, 1.54) is 32.1 Å². The Bertz CT molecular complexity index is 1680. The van der Waals surface area contributed by atoms with Crippen molar-refractivity contribution < 1.29 is 36.8 Å². The summed E-state index contributed by atoms with van der Waals surface area (Å²) in [5.74, 6) is -1.64. The smallest absolute Gasteiger partial charge is 0.342 e. The Balaban J connectivity index is 1.68. The van der Waals surface area contributed by atoms with E-state index in [1.807, 2.05) is 0 Å². The van der Waals surface area contributed by atoms with Crippen molar-refractivity contribution >= 4 is 21.7 Å². The van der Waals surface area contributed by atoms with Crippen LogP contribution < -0.4 is 13.7 Å². The fourth-order valence-corrected chi connectivity index (χ4v) is 5.78. The number of benzene rings is 4. The molecule has 4 aromatic rings. The summed E-state index contributed by atoms with van der Waals surface area (Å²) >= 11 is 0. The van der Waals surface area contributed by atoms with Crippen molar-refractivity contribution in [2.24, 2.45) is 0 Å². The van der Waals surface area contributed by atoms with Gasteiger partial charge in [0.15, 0.2) is 17.3 Å². The van der Waals surface area contributed by atoms with Gasteiger partial charge >= 0.3 is 10.1 Å². The lowest BCUT2D eigenvalue weighted by Gasteiger charge is -2.16. The number of ketones is 2. The average Bonchev–Trinajstić information content (AvgIpc) is 3.04. The third-order valence-electron chi connectivity index (χ3n) is 7.03. The molecule has 0 spiro atoms. The van der Waals surface area contributed by atoms with Crippen LogP contribution in [0.25, 0.3) is 0 Å². The summed E-state index contributed by atoms with van der Waals surface area (Å²) in [5.41, 5.74) is 0.345. The number of hydrogen-bond donors (Lipinski definition) is 1. The molecule has 0 bridgehead atoms. The molecule has 0 saturated carbocycles. The fourth-order valence-electron chi connectivity index (χ4n) is 4.66. The lowest BCUT2D eigenvalue weighted by molar-refractivity contribution is 0.102. The first kappa shape index (κ1) is 32.3. The van der Waals surface area contributed by atoms with Crippen LogP contribution in [0.2, 0.25) is 0 Å². The van der Waals surface area contributed by atoms with Gasteiger partial charge in [-0.2, -0.15) is 8.42 Å². The molecule has 0 unspecified atom stereocenters. The van der Waals surface area contributed by atoms with Crippen LogP contribution >= 0.6 is 0 Å². The van der Waals surface area contributed by atoms with Crippen LogP contribution in [0.3, 0.4) is 0 Å². The van der Waals surface area contributed by atoms with Gasteiger partial charge < -0.3 is 18.8 Å². The summed E-state index contributed by atoms with van der Waals surface area (Å²) in [6.45, 7) is 2.58. The third-order valence-corrected chi connectivity index (χ3v) is 8.29. The van der Waals surface area contributed by atoms with Gasteiger partial charge in [0.25, 0.3) is 0 Å². The van der Waals surface area contributed by atoms with Crippen LogP contribution in [0.5, 0.6) is 23.0 Å². The average molecular weight is 617 g/mol. The first-order chi connectivity index (χ1) is 21.2. The second-order valence-electron chi connectivity index (χ2n) is 10.2. The van der Waals surface area contributed by atoms with Crippen molar-refractivity contribution in [3.05, 3.63) is 113 Å². The first-order valence-electron chi connectivity index (χ1n) is 14.6. The SMILES string of the molecule is CCCCCCCCOc1ccc(C(=O)c2ccccc2)c(OS(=O)(=O)c2cc(C(=O)c3ccccc3)c(O)cc2OC)c1. The van der Waals surface area contributed by atoms with Crippen LogP contribution in [0, 0.1) is 0 Å². The molecule has 0 radical (unpaired) electrons. The van der Waals surface area contributed by atoms with Crippen LogP contribution in [0.15, 0.2) is 95.9 Å². The van der Waals surface area contributed by atoms with Gasteiger partial charge in [-0.15, -0.1) is 0 Å². The zero-order valence-corrected chi connectivity index (χ0v) is 25.6. The highest BCUT2D eigenvalue weighted by Gasteiger charge is 2.29. The summed E-state index contributed by atoms with van der Waals surface area (Å²) < 4.78 is 44.3. The van der Waals surface area contributed by atoms with E-state index < -0.39 is 32.3 Å². The molecule has 9 heteroatoms. The van der Waals surface area contributed by atoms with E-state index in [0.717, 1.165) is 37.8 Å². The fraction of sp³-hybridized carbons (Fsp3) is 0.257. The Morgan fingerprint density at radius 1 is 0.705 bits per heavy atom. The van der Waals surface area contributed by atoms with Crippen LogP contribution in [0.1, 0.15) is 77.3 Å². The molecular formula is C35H36O8S. The van der Waals surface area contributed by atoms with Crippen molar-refractivity contribution in [2.45, 2.75) is 50.3 Å². The summed E-state index contributed by atoms with van der Waals surface area (Å²) in [6, 6.07) is 23.0. The minimum atomic E-state index is -4.70. The molecule has 8 nitrogen and oxygen atoms in total. The molecule has 0 saturated heterocycles. The molecule has 0 aliphatic carbocycles. The Hall–Kier alpha value is -4.63. The van der Waals surface area contributed by atoms with Crippen molar-refractivity contribution in [3.63, 3.8) is 0 Å². The predicted molar refractivity (Wildman–Crippen MR) is 168 cm³/mol. The summed E-state index contributed by atoms with van der Waals surface area (Å²) in [6.07, 6.45) is 6.47. The van der Waals surface area contributed by atoms with Gasteiger partial charge in [0.1, 0.15) is 22.1 Å². The van der Waals surface area contributed by atoms with Gasteiger partial charge in [-0.25, -0.2) is 0 Å². The first-order valence-corrected chi connectivity index (χ1v) is 16.0. The zero-order valence-electron chi connectivity index (χ0n) is 24.8. The maximum atomic E-state index is 13.8. The molecule has 0 aliphatic heterocycles. The largest absolute Gasteiger partial charge is 0.507 e. The van der Waals surface area contributed by atoms with E-state index in [9.17, 15) is 23.1 Å². The number of carbonyl (C=O) groups excluding carboxylic acids is 2. The second kappa shape index (κ2) is 15.2. The van der Waals surface area contributed by atoms with Crippen LogP contribution in [-0.4, -0.2) is 38.8 Å². The van der Waals surface area contributed by atoms with E-state index in [1.54, 1.807) is 66.7 Å². The highest BCUT2D eigenvalue weighted by molar-refractivity contribution is 7.87. The molecule has 0 fully saturated rings. The Labute approximate surface area is 258 Å². The maximum absolute atomic E-state index is 13.8. The number of phenolic OH excluding ortho intramolecular Hbond substituents is 1. The lowest BCUT2D eigenvalue weighted by Crippen LogP contribution is -2.15. The Morgan fingerprint density at radius 2 is 1.30 bits per heavy atom. The molecule has 0 aliphatic rings. The minimum Gasteiger partial charge on any atom is -0.507 e. The molecule has 0 aromatic heterocycles. The summed E-state index contributed by atoms with van der Waals surface area (Å²) in [5, 5.41) is 10.6. The van der Waals surface area contributed by atoms with Crippen molar-refractivity contribution in [2.75, 3.05) is 13.7 Å². The van der Waals surface area contributed by atoms with Gasteiger partial charge in [-0.3, -0.25) is 9.59 Å². The van der Waals surface area contributed by atoms with Gasteiger partial charge in [0.05, 0.1) is 24.8 Å². The predicted octanol–water partition coefficient (Wildman–Crippen LogP) is 7.37. The van der Waals surface area contributed by atoms with E-state index in [-0.39, 0.29) is 28.2 Å². The second-order valence-corrected chi connectivity index (χ2v) is 11.7. The van der Waals surface area contributed by atoms with E-state index >= 15 is 0 Å². The summed E-state index contributed by atoms with van der Waals surface area (Å²) in [7, 11) is -3.47. The highest BCUT2D eigenvalue weighted by Crippen LogP contribution is 2.36. The van der Waals surface area contributed by atoms with E-state index in [0.29, 0.717) is 17.9 Å². The number of ether oxygens (including phenoxy) is 2. The lowest BCUT2D eigenvalue weighted by atomic mass is 10.0. The molecule has 230 valence electrons. The Morgan fingerprint density at radius 3 is 1.91 bits per heavy atom. The topological polar surface area (TPSA) is 116 Å². The zero-order chi connectivity index (χ0) is 31.5. The van der Waals surface area contributed by atoms with Gasteiger partial charge in [0, 0.05) is 23.3 Å². The minimum absolute atomic E-state index is 0.00465. The number of aromatic hydroxyl groups is 1. The molecule has 1 N–H and O–H groups in total. The molecule has 0 amide bonds. The molecule has 4 rings (SSSR count). The van der Waals surface area contributed by atoms with Crippen molar-refractivity contribution in [1.29, 1.82) is 0 Å².